The largest absolute Gasteiger partial charge is 0.396 e. The van der Waals surface area contributed by atoms with Gasteiger partial charge >= 0.3 is 0 Å². The number of hydrogen-bond acceptors (Lipinski definition) is 10. The van der Waals surface area contributed by atoms with Crippen molar-refractivity contribution < 1.29 is 20.1 Å². The Hall–Kier alpha value is -2.37. The summed E-state index contributed by atoms with van der Waals surface area (Å²) in [5.41, 5.74) is 2.44. The molecule has 34 heavy (non-hydrogen) atoms. The summed E-state index contributed by atoms with van der Waals surface area (Å²) in [6.07, 6.45) is 0.311. The lowest BCUT2D eigenvalue weighted by atomic mass is 10.1. The molecule has 3 aromatic rings. The number of rotatable bonds is 11. The molecule has 0 bridgehead atoms. The third-order valence-electron chi connectivity index (χ3n) is 6.16. The Bertz CT molecular complexity index is 1060. The molecule has 5 N–H and O–H groups in total. The standard InChI is InChI=1S/C24H33N5O4S/c1-3-33-11-7-6-10-25-24-26-14(2)19(23-28-16-8-4-5-9-18(16)34-23)22(29-24)27-17-12-15(13-30)20(31)21(17)32/h4-5,8-9,15,17,20-21,30-32H,3,6-7,10-13H2,1-2H3,(H2,25,26,27,29)/t15-,17-,20-,21+/m1/s1. The number of aliphatic hydroxyl groups is 3. The van der Waals surface area contributed by atoms with Crippen LogP contribution < -0.4 is 10.6 Å². The van der Waals surface area contributed by atoms with E-state index in [4.69, 9.17) is 14.7 Å². The molecule has 1 aliphatic rings. The van der Waals surface area contributed by atoms with E-state index in [9.17, 15) is 15.3 Å². The number of aromatic nitrogens is 3. The third kappa shape index (κ3) is 5.47. The molecule has 1 saturated carbocycles. The van der Waals surface area contributed by atoms with Crippen LogP contribution >= 0.6 is 11.3 Å². The molecule has 1 fully saturated rings. The smallest absolute Gasteiger partial charge is 0.224 e. The second-order valence-corrected chi connectivity index (χ2v) is 9.61. The lowest BCUT2D eigenvalue weighted by molar-refractivity contribution is 0.00446. The normalized spacial score (nSPS) is 22.4. The molecule has 184 valence electrons. The van der Waals surface area contributed by atoms with E-state index in [2.05, 4.69) is 15.6 Å². The van der Waals surface area contributed by atoms with Crippen LogP contribution in [0.5, 0.6) is 0 Å². The predicted molar refractivity (Wildman–Crippen MR) is 134 cm³/mol. The first-order chi connectivity index (χ1) is 16.5. The third-order valence-corrected chi connectivity index (χ3v) is 7.21. The summed E-state index contributed by atoms with van der Waals surface area (Å²) in [6, 6.07) is 7.49. The second-order valence-electron chi connectivity index (χ2n) is 8.58. The summed E-state index contributed by atoms with van der Waals surface area (Å²) in [5, 5.41) is 37.8. The summed E-state index contributed by atoms with van der Waals surface area (Å²) >= 11 is 1.56. The van der Waals surface area contributed by atoms with Gasteiger partial charge in [0.15, 0.2) is 0 Å². The fourth-order valence-corrected chi connectivity index (χ4v) is 5.35. The van der Waals surface area contributed by atoms with Crippen molar-refractivity contribution in [3.63, 3.8) is 0 Å². The number of benzene rings is 1. The van der Waals surface area contributed by atoms with E-state index < -0.39 is 18.2 Å². The minimum absolute atomic E-state index is 0.182. The van der Waals surface area contributed by atoms with Crippen LogP contribution in [0.15, 0.2) is 24.3 Å². The van der Waals surface area contributed by atoms with E-state index in [1.165, 1.54) is 0 Å². The van der Waals surface area contributed by atoms with Crippen molar-refractivity contribution >= 4 is 33.3 Å². The Kier molecular flexibility index (Phi) is 8.28. The molecule has 4 atom stereocenters. The van der Waals surface area contributed by atoms with Crippen molar-refractivity contribution in [3.8, 4) is 10.6 Å². The number of para-hydroxylation sites is 1. The zero-order valence-corrected chi connectivity index (χ0v) is 20.4. The van der Waals surface area contributed by atoms with E-state index in [1.54, 1.807) is 11.3 Å². The van der Waals surface area contributed by atoms with Crippen molar-refractivity contribution in [3.05, 3.63) is 30.0 Å². The Balaban J connectivity index is 1.61. The fourth-order valence-electron chi connectivity index (χ4n) is 4.29. The highest BCUT2D eigenvalue weighted by molar-refractivity contribution is 7.21. The zero-order chi connectivity index (χ0) is 24.1. The number of thiazole rings is 1. The maximum absolute atomic E-state index is 10.6. The molecule has 2 heterocycles. The minimum atomic E-state index is -1.01. The molecule has 0 aliphatic heterocycles. The van der Waals surface area contributed by atoms with Gasteiger partial charge in [0.25, 0.3) is 0 Å². The molecular formula is C24H33N5O4S. The van der Waals surface area contributed by atoms with E-state index in [0.717, 1.165) is 52.5 Å². The number of nitrogens with one attached hydrogen (secondary N) is 2. The number of anilines is 2. The van der Waals surface area contributed by atoms with Gasteiger partial charge in [-0.2, -0.15) is 4.98 Å². The van der Waals surface area contributed by atoms with Crippen LogP contribution in [0.4, 0.5) is 11.8 Å². The molecule has 9 nitrogen and oxygen atoms in total. The molecule has 1 aliphatic carbocycles. The van der Waals surface area contributed by atoms with Gasteiger partial charge in [-0.1, -0.05) is 12.1 Å². The van der Waals surface area contributed by atoms with Crippen molar-refractivity contribution in [1.82, 2.24) is 15.0 Å². The number of aryl methyl sites for hydroxylation is 1. The molecular weight excluding hydrogens is 454 g/mol. The molecule has 0 spiro atoms. The van der Waals surface area contributed by atoms with E-state index in [0.29, 0.717) is 24.7 Å². The van der Waals surface area contributed by atoms with Crippen LogP contribution in [0.2, 0.25) is 0 Å². The van der Waals surface area contributed by atoms with Gasteiger partial charge < -0.3 is 30.7 Å². The van der Waals surface area contributed by atoms with E-state index in [-0.39, 0.29) is 12.5 Å². The first kappa shape index (κ1) is 24.7. The van der Waals surface area contributed by atoms with Crippen molar-refractivity contribution in [2.24, 2.45) is 5.92 Å². The molecule has 10 heteroatoms. The SMILES string of the molecule is CCOCCCCNc1nc(C)c(-c2nc3ccccc3s2)c(N[C@@H]2C[C@H](CO)[C@@H](O)[C@H]2O)n1. The van der Waals surface area contributed by atoms with Crippen LogP contribution in [-0.2, 0) is 4.74 Å². The predicted octanol–water partition coefficient (Wildman–Crippen LogP) is 2.80. The lowest BCUT2D eigenvalue weighted by Gasteiger charge is -2.21. The van der Waals surface area contributed by atoms with Crippen molar-refractivity contribution in [2.45, 2.75) is 51.4 Å². The van der Waals surface area contributed by atoms with Gasteiger partial charge in [0, 0.05) is 32.3 Å². The average molecular weight is 488 g/mol. The van der Waals surface area contributed by atoms with Crippen LogP contribution in [0.25, 0.3) is 20.8 Å². The first-order valence-corrected chi connectivity index (χ1v) is 12.6. The molecule has 1 aromatic carbocycles. The summed E-state index contributed by atoms with van der Waals surface area (Å²) in [5.74, 6) is 0.662. The molecule has 2 aromatic heterocycles. The average Bonchev–Trinajstić information content (AvgIpc) is 3.37. The van der Waals surface area contributed by atoms with Gasteiger partial charge in [0.1, 0.15) is 16.9 Å². The van der Waals surface area contributed by atoms with Crippen molar-refractivity contribution in [2.75, 3.05) is 37.0 Å². The number of aliphatic hydroxyl groups excluding tert-OH is 3. The molecule has 4 rings (SSSR count). The highest BCUT2D eigenvalue weighted by Gasteiger charge is 2.41. The molecule has 0 radical (unpaired) electrons. The number of unbranched alkanes of at least 4 members (excludes halogenated alkanes) is 1. The van der Waals surface area contributed by atoms with E-state index >= 15 is 0 Å². The molecule has 0 saturated heterocycles. The Morgan fingerprint density at radius 2 is 1.94 bits per heavy atom. The topological polar surface area (TPSA) is 133 Å². The monoisotopic (exact) mass is 487 g/mol. The van der Waals surface area contributed by atoms with Gasteiger partial charge in [-0.3, -0.25) is 0 Å². The first-order valence-electron chi connectivity index (χ1n) is 11.8. The number of nitrogens with zero attached hydrogens (tertiary/aromatic N) is 3. The van der Waals surface area contributed by atoms with Crippen LogP contribution in [0.3, 0.4) is 0 Å². The number of ether oxygens (including phenoxy) is 1. The van der Waals surface area contributed by atoms with Crippen LogP contribution in [0.1, 0.15) is 31.9 Å². The van der Waals surface area contributed by atoms with Gasteiger partial charge in [0.2, 0.25) is 5.95 Å². The molecule has 0 amide bonds. The highest BCUT2D eigenvalue weighted by Crippen LogP contribution is 2.38. The maximum Gasteiger partial charge on any atom is 0.224 e. The quantitative estimate of drug-likeness (QED) is 0.259. The van der Waals surface area contributed by atoms with Gasteiger partial charge in [-0.25, -0.2) is 9.97 Å². The summed E-state index contributed by atoms with van der Waals surface area (Å²) < 4.78 is 6.45. The van der Waals surface area contributed by atoms with Crippen LogP contribution in [0, 0.1) is 12.8 Å². The Morgan fingerprint density at radius 3 is 2.68 bits per heavy atom. The van der Waals surface area contributed by atoms with Gasteiger partial charge in [-0.15, -0.1) is 11.3 Å². The number of hydrogen-bond donors (Lipinski definition) is 5. The minimum Gasteiger partial charge on any atom is -0.396 e. The van der Waals surface area contributed by atoms with Crippen molar-refractivity contribution in [1.29, 1.82) is 0 Å². The summed E-state index contributed by atoms with van der Waals surface area (Å²) in [7, 11) is 0. The summed E-state index contributed by atoms with van der Waals surface area (Å²) in [4.78, 5) is 14.2. The Morgan fingerprint density at radius 1 is 1.12 bits per heavy atom. The van der Waals surface area contributed by atoms with Crippen LogP contribution in [-0.4, -0.2) is 74.9 Å². The maximum atomic E-state index is 10.6. The molecule has 0 unspecified atom stereocenters. The Labute approximate surface area is 203 Å². The fraction of sp³-hybridized carbons (Fsp3) is 0.542. The highest BCUT2D eigenvalue weighted by atomic mass is 32.1. The lowest BCUT2D eigenvalue weighted by Crippen LogP contribution is -2.35. The second kappa shape index (κ2) is 11.4. The van der Waals surface area contributed by atoms with Gasteiger partial charge in [-0.05, 0) is 45.2 Å². The van der Waals surface area contributed by atoms with Gasteiger partial charge in [0.05, 0.1) is 33.6 Å². The number of fused-ring (bicyclic) bond motifs is 1. The zero-order valence-electron chi connectivity index (χ0n) is 19.6. The summed E-state index contributed by atoms with van der Waals surface area (Å²) in [6.45, 7) is 5.89. The van der Waals surface area contributed by atoms with E-state index in [1.807, 2.05) is 38.1 Å².